The molecular formula is C19H17N5O2. The number of rotatable bonds is 5. The average Bonchev–Trinajstić information content (AvgIpc) is 3.52. The Morgan fingerprint density at radius 3 is 2.65 bits per heavy atom. The molecule has 1 aromatic carbocycles. The van der Waals surface area contributed by atoms with Gasteiger partial charge in [0.15, 0.2) is 0 Å². The summed E-state index contributed by atoms with van der Waals surface area (Å²) < 4.78 is 0. The van der Waals surface area contributed by atoms with Gasteiger partial charge in [-0.15, -0.1) is 0 Å². The van der Waals surface area contributed by atoms with E-state index >= 15 is 0 Å². The van der Waals surface area contributed by atoms with Crippen LogP contribution in [-0.2, 0) is 6.54 Å². The molecule has 2 N–H and O–H groups in total. The molecule has 1 aliphatic carbocycles. The van der Waals surface area contributed by atoms with Crippen LogP contribution in [0.2, 0.25) is 0 Å². The summed E-state index contributed by atoms with van der Waals surface area (Å²) in [6.07, 6.45) is 5.30. The number of H-pyrrole nitrogens is 1. The second kappa shape index (κ2) is 6.87. The van der Waals surface area contributed by atoms with Crippen molar-refractivity contribution in [3.8, 4) is 11.3 Å². The van der Waals surface area contributed by atoms with Crippen LogP contribution in [-0.4, -0.2) is 25.8 Å². The highest BCUT2D eigenvalue weighted by Crippen LogP contribution is 2.37. The van der Waals surface area contributed by atoms with Crippen molar-refractivity contribution >= 4 is 5.91 Å². The summed E-state index contributed by atoms with van der Waals surface area (Å²) in [5.41, 5.74) is 2.20. The van der Waals surface area contributed by atoms with Gasteiger partial charge in [0.1, 0.15) is 11.5 Å². The highest BCUT2D eigenvalue weighted by atomic mass is 16.2. The Labute approximate surface area is 149 Å². The standard InChI is InChI=1S/C19H17N5O2/c25-17-8-15(23-18(24-17)13-6-7-13)19(26)22-10-14-9-21-16(11-20-14)12-4-2-1-3-5-12/h1-5,8-9,11,13H,6-7,10H2,(H,22,26)(H,23,24,25). The summed E-state index contributed by atoms with van der Waals surface area (Å²) in [5, 5.41) is 2.73. The molecule has 3 aromatic rings. The van der Waals surface area contributed by atoms with Crippen LogP contribution in [0.5, 0.6) is 0 Å². The molecule has 0 spiro atoms. The number of aromatic nitrogens is 4. The van der Waals surface area contributed by atoms with Gasteiger partial charge in [0.2, 0.25) is 0 Å². The Kier molecular flexibility index (Phi) is 4.27. The van der Waals surface area contributed by atoms with Crippen LogP contribution in [0.3, 0.4) is 0 Å². The van der Waals surface area contributed by atoms with E-state index in [4.69, 9.17) is 0 Å². The lowest BCUT2D eigenvalue weighted by molar-refractivity contribution is 0.0944. The summed E-state index contributed by atoms with van der Waals surface area (Å²) in [7, 11) is 0. The second-order valence-electron chi connectivity index (χ2n) is 6.23. The second-order valence-corrected chi connectivity index (χ2v) is 6.23. The SMILES string of the molecule is O=C(NCc1cnc(-c2ccccc2)cn1)c1cc(=O)[nH]c(C2CC2)n1. The third-order valence-corrected chi connectivity index (χ3v) is 4.16. The lowest BCUT2D eigenvalue weighted by atomic mass is 10.2. The first-order valence-corrected chi connectivity index (χ1v) is 8.45. The summed E-state index contributed by atoms with van der Waals surface area (Å²) in [5.74, 6) is 0.466. The van der Waals surface area contributed by atoms with Gasteiger partial charge >= 0.3 is 0 Å². The van der Waals surface area contributed by atoms with Crippen molar-refractivity contribution in [2.45, 2.75) is 25.3 Å². The molecule has 7 nitrogen and oxygen atoms in total. The topological polar surface area (TPSA) is 101 Å². The lowest BCUT2D eigenvalue weighted by Gasteiger charge is -2.06. The number of nitrogens with zero attached hydrogens (tertiary/aromatic N) is 3. The summed E-state index contributed by atoms with van der Waals surface area (Å²) in [6.45, 7) is 0.216. The summed E-state index contributed by atoms with van der Waals surface area (Å²) in [6, 6.07) is 11.0. The van der Waals surface area contributed by atoms with Crippen LogP contribution >= 0.6 is 0 Å². The largest absolute Gasteiger partial charge is 0.345 e. The van der Waals surface area contributed by atoms with Crippen molar-refractivity contribution in [3.05, 3.63) is 76.4 Å². The Morgan fingerprint density at radius 1 is 1.15 bits per heavy atom. The number of hydrogen-bond acceptors (Lipinski definition) is 5. The number of carbonyl (C=O) groups is 1. The minimum atomic E-state index is -0.396. The number of benzene rings is 1. The number of carbonyl (C=O) groups excluding carboxylic acids is 1. The fourth-order valence-corrected chi connectivity index (χ4v) is 2.61. The Hall–Kier alpha value is -3.35. The molecule has 1 fully saturated rings. The fourth-order valence-electron chi connectivity index (χ4n) is 2.61. The molecule has 0 saturated heterocycles. The van der Waals surface area contributed by atoms with Gasteiger partial charge in [0.25, 0.3) is 11.5 Å². The normalized spacial score (nSPS) is 13.4. The van der Waals surface area contributed by atoms with Crippen molar-refractivity contribution in [1.82, 2.24) is 25.3 Å². The molecule has 1 amide bonds. The van der Waals surface area contributed by atoms with Gasteiger partial charge in [-0.2, -0.15) is 0 Å². The molecule has 4 rings (SSSR count). The van der Waals surface area contributed by atoms with Crippen LogP contribution in [0, 0.1) is 0 Å². The minimum absolute atomic E-state index is 0.129. The quantitative estimate of drug-likeness (QED) is 0.735. The first kappa shape index (κ1) is 16.1. The highest BCUT2D eigenvalue weighted by molar-refractivity contribution is 5.92. The molecule has 26 heavy (non-hydrogen) atoms. The molecule has 1 saturated carbocycles. The van der Waals surface area contributed by atoms with Crippen molar-refractivity contribution in [3.63, 3.8) is 0 Å². The van der Waals surface area contributed by atoms with Crippen LogP contribution in [0.25, 0.3) is 11.3 Å². The number of hydrogen-bond donors (Lipinski definition) is 2. The van der Waals surface area contributed by atoms with E-state index in [9.17, 15) is 9.59 Å². The molecule has 0 unspecified atom stereocenters. The maximum atomic E-state index is 12.3. The zero-order chi connectivity index (χ0) is 17.9. The monoisotopic (exact) mass is 347 g/mol. The van der Waals surface area contributed by atoms with Crippen LogP contribution < -0.4 is 10.9 Å². The molecule has 0 radical (unpaired) electrons. The van der Waals surface area contributed by atoms with Crippen LogP contribution in [0.4, 0.5) is 0 Å². The molecule has 2 heterocycles. The molecule has 0 atom stereocenters. The third kappa shape index (κ3) is 3.66. The van der Waals surface area contributed by atoms with Crippen molar-refractivity contribution in [2.75, 3.05) is 0 Å². The Morgan fingerprint density at radius 2 is 1.96 bits per heavy atom. The molecule has 1 aliphatic rings. The van der Waals surface area contributed by atoms with Gasteiger partial charge in [-0.1, -0.05) is 30.3 Å². The van der Waals surface area contributed by atoms with E-state index < -0.39 is 5.91 Å². The van der Waals surface area contributed by atoms with E-state index in [1.165, 1.54) is 6.07 Å². The van der Waals surface area contributed by atoms with E-state index in [2.05, 4.69) is 25.3 Å². The zero-order valence-corrected chi connectivity index (χ0v) is 14.0. The maximum Gasteiger partial charge on any atom is 0.270 e. The van der Waals surface area contributed by atoms with Crippen LogP contribution in [0.1, 0.15) is 40.8 Å². The average molecular weight is 347 g/mol. The zero-order valence-electron chi connectivity index (χ0n) is 14.0. The van der Waals surface area contributed by atoms with Gasteiger partial charge in [0.05, 0.1) is 30.3 Å². The van der Waals surface area contributed by atoms with E-state index in [1.807, 2.05) is 30.3 Å². The fraction of sp³-hybridized carbons (Fsp3) is 0.211. The van der Waals surface area contributed by atoms with Gasteiger partial charge < -0.3 is 10.3 Å². The first-order valence-electron chi connectivity index (χ1n) is 8.45. The van der Waals surface area contributed by atoms with Crippen molar-refractivity contribution in [2.24, 2.45) is 0 Å². The molecule has 130 valence electrons. The van der Waals surface area contributed by atoms with E-state index in [1.54, 1.807) is 12.4 Å². The Balaban J connectivity index is 1.42. The van der Waals surface area contributed by atoms with Gasteiger partial charge in [-0.05, 0) is 12.8 Å². The van der Waals surface area contributed by atoms with E-state index in [0.717, 1.165) is 24.1 Å². The number of nitrogens with one attached hydrogen (secondary N) is 2. The van der Waals surface area contributed by atoms with Gasteiger partial charge in [-0.25, -0.2) is 4.98 Å². The van der Waals surface area contributed by atoms with Gasteiger partial charge in [0, 0.05) is 17.5 Å². The highest BCUT2D eigenvalue weighted by Gasteiger charge is 2.27. The molecule has 2 aromatic heterocycles. The van der Waals surface area contributed by atoms with E-state index in [0.29, 0.717) is 11.5 Å². The summed E-state index contributed by atoms with van der Waals surface area (Å²) in [4.78, 5) is 39.6. The predicted molar refractivity (Wildman–Crippen MR) is 95.5 cm³/mol. The summed E-state index contributed by atoms with van der Waals surface area (Å²) >= 11 is 0. The molecule has 7 heteroatoms. The molecule has 0 bridgehead atoms. The third-order valence-electron chi connectivity index (χ3n) is 4.16. The smallest absolute Gasteiger partial charge is 0.270 e. The first-order chi connectivity index (χ1) is 12.7. The lowest BCUT2D eigenvalue weighted by Crippen LogP contribution is -2.27. The molecular weight excluding hydrogens is 330 g/mol. The van der Waals surface area contributed by atoms with Crippen molar-refractivity contribution in [1.29, 1.82) is 0 Å². The minimum Gasteiger partial charge on any atom is -0.345 e. The van der Waals surface area contributed by atoms with E-state index in [-0.39, 0.29) is 23.7 Å². The van der Waals surface area contributed by atoms with Crippen LogP contribution in [0.15, 0.2) is 53.6 Å². The van der Waals surface area contributed by atoms with Crippen molar-refractivity contribution < 1.29 is 4.79 Å². The van der Waals surface area contributed by atoms with Gasteiger partial charge in [-0.3, -0.25) is 19.6 Å². The number of amides is 1. The molecule has 0 aliphatic heterocycles. The maximum absolute atomic E-state index is 12.3. The predicted octanol–water partition coefficient (Wildman–Crippen LogP) is 2.03. The number of aromatic amines is 1. The Bertz CT molecular complexity index is 979.